The molecular weight excluding hydrogens is 250 g/mol. The molecule has 0 amide bonds. The minimum atomic E-state index is 0.422. The van der Waals surface area contributed by atoms with E-state index in [-0.39, 0.29) is 0 Å². The summed E-state index contributed by atoms with van der Waals surface area (Å²) in [5.41, 5.74) is 7.89. The van der Waals surface area contributed by atoms with Gasteiger partial charge >= 0.3 is 0 Å². The van der Waals surface area contributed by atoms with Gasteiger partial charge in [0.25, 0.3) is 5.89 Å². The van der Waals surface area contributed by atoms with E-state index in [0.717, 1.165) is 24.2 Å². The highest BCUT2D eigenvalue weighted by Gasteiger charge is 2.30. The molecule has 0 bridgehead atoms. The Balaban J connectivity index is 1.80. The zero-order valence-corrected chi connectivity index (χ0v) is 12.1. The number of hydrogen-bond donors (Lipinski definition) is 1. The number of rotatable bonds is 2. The third-order valence-corrected chi connectivity index (χ3v) is 4.34. The largest absolute Gasteiger partial charge is 0.398 e. The summed E-state index contributed by atoms with van der Waals surface area (Å²) in [5, 5.41) is 4.16. The van der Waals surface area contributed by atoms with E-state index in [2.05, 4.69) is 24.0 Å². The molecule has 1 aliphatic carbocycles. The van der Waals surface area contributed by atoms with Gasteiger partial charge in [0.15, 0.2) is 5.82 Å². The summed E-state index contributed by atoms with van der Waals surface area (Å²) in [6.07, 6.45) is 4.70. The van der Waals surface area contributed by atoms with Crippen LogP contribution in [-0.2, 0) is 0 Å². The van der Waals surface area contributed by atoms with E-state index in [0.29, 0.717) is 22.9 Å². The van der Waals surface area contributed by atoms with Gasteiger partial charge in [-0.15, -0.1) is 0 Å². The summed E-state index contributed by atoms with van der Waals surface area (Å²) in [6.45, 7) is 4.66. The monoisotopic (exact) mass is 271 g/mol. The van der Waals surface area contributed by atoms with Crippen LogP contribution in [0.2, 0.25) is 0 Å². The fourth-order valence-electron chi connectivity index (χ4n) is 2.86. The maximum Gasteiger partial charge on any atom is 0.260 e. The van der Waals surface area contributed by atoms with Crippen LogP contribution in [0.1, 0.15) is 51.3 Å². The molecule has 1 heterocycles. The topological polar surface area (TPSA) is 64.9 Å². The lowest BCUT2D eigenvalue weighted by Gasteiger charge is -2.32. The second-order valence-electron chi connectivity index (χ2n) is 6.48. The Morgan fingerprint density at radius 3 is 2.60 bits per heavy atom. The summed E-state index contributed by atoms with van der Waals surface area (Å²) in [6, 6.07) is 7.59. The minimum absolute atomic E-state index is 0.422. The van der Waals surface area contributed by atoms with Gasteiger partial charge in [0.05, 0.1) is 5.56 Å². The van der Waals surface area contributed by atoms with Crippen molar-refractivity contribution in [1.82, 2.24) is 10.1 Å². The number of nitrogen functional groups attached to an aromatic ring is 1. The number of anilines is 1. The maximum atomic E-state index is 5.95. The van der Waals surface area contributed by atoms with Gasteiger partial charge in [-0.2, -0.15) is 4.98 Å². The highest BCUT2D eigenvalue weighted by Crippen LogP contribution is 2.41. The lowest BCUT2D eigenvalue weighted by Crippen LogP contribution is -2.20. The fraction of sp³-hybridized carbons (Fsp3) is 0.500. The van der Waals surface area contributed by atoms with Gasteiger partial charge in [-0.1, -0.05) is 31.1 Å². The molecule has 0 unspecified atom stereocenters. The lowest BCUT2D eigenvalue weighted by molar-refractivity contribution is 0.218. The Labute approximate surface area is 119 Å². The molecule has 3 rings (SSSR count). The van der Waals surface area contributed by atoms with E-state index >= 15 is 0 Å². The molecule has 1 saturated carbocycles. The van der Waals surface area contributed by atoms with E-state index in [9.17, 15) is 0 Å². The molecule has 0 radical (unpaired) electrons. The molecule has 0 aliphatic heterocycles. The van der Waals surface area contributed by atoms with Crippen molar-refractivity contribution in [3.8, 4) is 11.5 Å². The molecule has 2 N–H and O–H groups in total. The summed E-state index contributed by atoms with van der Waals surface area (Å²) in [5.74, 6) is 1.78. The molecule has 0 atom stereocenters. The molecular formula is C16H21N3O. The van der Waals surface area contributed by atoms with E-state index in [1.54, 1.807) is 0 Å². The lowest BCUT2D eigenvalue weighted by atomic mass is 9.73. The third-order valence-electron chi connectivity index (χ3n) is 4.34. The van der Waals surface area contributed by atoms with Crippen molar-refractivity contribution in [2.24, 2.45) is 5.41 Å². The van der Waals surface area contributed by atoms with Gasteiger partial charge in [-0.05, 0) is 43.2 Å². The first-order valence-electron chi connectivity index (χ1n) is 7.24. The number of nitrogens with zero attached hydrogens (tertiary/aromatic N) is 2. The normalized spacial score (nSPS) is 19.1. The third kappa shape index (κ3) is 2.55. The number of nitrogens with two attached hydrogens (primary N) is 1. The second-order valence-corrected chi connectivity index (χ2v) is 6.48. The van der Waals surface area contributed by atoms with E-state index < -0.39 is 0 Å². The Morgan fingerprint density at radius 1 is 1.20 bits per heavy atom. The minimum Gasteiger partial charge on any atom is -0.398 e. The molecule has 1 aromatic heterocycles. The Hall–Kier alpha value is -1.84. The summed E-state index contributed by atoms with van der Waals surface area (Å²) >= 11 is 0. The standard InChI is InChI=1S/C16H21N3O/c1-16(2)9-7-11(8-10-16)14-18-15(20-19-14)12-5-3-4-6-13(12)17/h3-6,11H,7-10,17H2,1-2H3. The van der Waals surface area contributed by atoms with Gasteiger partial charge in [-0.25, -0.2) is 0 Å². The van der Waals surface area contributed by atoms with E-state index in [1.165, 1.54) is 12.8 Å². The molecule has 20 heavy (non-hydrogen) atoms. The average Bonchev–Trinajstić information content (AvgIpc) is 2.88. The van der Waals surface area contributed by atoms with Crippen molar-refractivity contribution in [3.63, 3.8) is 0 Å². The van der Waals surface area contributed by atoms with Crippen LogP contribution in [0.4, 0.5) is 5.69 Å². The zero-order chi connectivity index (χ0) is 14.2. The molecule has 2 aromatic rings. The van der Waals surface area contributed by atoms with Crippen molar-refractivity contribution < 1.29 is 4.52 Å². The predicted octanol–water partition coefficient (Wildman–Crippen LogP) is 4.00. The van der Waals surface area contributed by atoms with Crippen LogP contribution < -0.4 is 5.73 Å². The SMILES string of the molecule is CC1(C)CCC(c2noc(-c3ccccc3N)n2)CC1. The highest BCUT2D eigenvalue weighted by molar-refractivity contribution is 5.69. The Morgan fingerprint density at radius 2 is 1.90 bits per heavy atom. The van der Waals surface area contributed by atoms with E-state index in [1.807, 2.05) is 24.3 Å². The molecule has 4 nitrogen and oxygen atoms in total. The van der Waals surface area contributed by atoms with Crippen LogP contribution in [0.5, 0.6) is 0 Å². The Kier molecular flexibility index (Phi) is 3.24. The second kappa shape index (κ2) is 4.93. The quantitative estimate of drug-likeness (QED) is 0.838. The molecule has 1 fully saturated rings. The first-order chi connectivity index (χ1) is 9.55. The van der Waals surface area contributed by atoms with Gasteiger partial charge in [0, 0.05) is 11.6 Å². The fourth-order valence-corrected chi connectivity index (χ4v) is 2.86. The molecule has 1 aliphatic rings. The molecule has 4 heteroatoms. The van der Waals surface area contributed by atoms with Crippen LogP contribution in [-0.4, -0.2) is 10.1 Å². The van der Waals surface area contributed by atoms with Crippen LogP contribution >= 0.6 is 0 Å². The number of benzene rings is 1. The average molecular weight is 271 g/mol. The maximum absolute atomic E-state index is 5.95. The predicted molar refractivity (Wildman–Crippen MR) is 79.1 cm³/mol. The van der Waals surface area contributed by atoms with Crippen molar-refractivity contribution in [2.75, 3.05) is 5.73 Å². The summed E-state index contributed by atoms with van der Waals surface area (Å²) in [7, 11) is 0. The molecule has 1 aromatic carbocycles. The first kappa shape index (κ1) is 13.2. The van der Waals surface area contributed by atoms with Crippen LogP contribution in [0, 0.1) is 5.41 Å². The van der Waals surface area contributed by atoms with Gasteiger partial charge in [0.2, 0.25) is 0 Å². The number of aromatic nitrogens is 2. The number of hydrogen-bond acceptors (Lipinski definition) is 4. The van der Waals surface area contributed by atoms with Gasteiger partial charge < -0.3 is 10.3 Å². The highest BCUT2D eigenvalue weighted by atomic mass is 16.5. The van der Waals surface area contributed by atoms with Crippen LogP contribution in [0.3, 0.4) is 0 Å². The van der Waals surface area contributed by atoms with Crippen LogP contribution in [0.25, 0.3) is 11.5 Å². The van der Waals surface area contributed by atoms with Gasteiger partial charge in [0.1, 0.15) is 0 Å². The first-order valence-corrected chi connectivity index (χ1v) is 7.24. The van der Waals surface area contributed by atoms with Gasteiger partial charge in [-0.3, -0.25) is 0 Å². The molecule has 106 valence electrons. The van der Waals surface area contributed by atoms with E-state index in [4.69, 9.17) is 10.3 Å². The number of para-hydroxylation sites is 1. The summed E-state index contributed by atoms with van der Waals surface area (Å²) in [4.78, 5) is 4.55. The smallest absolute Gasteiger partial charge is 0.260 e. The van der Waals surface area contributed by atoms with Crippen molar-refractivity contribution >= 4 is 5.69 Å². The van der Waals surface area contributed by atoms with Crippen molar-refractivity contribution in [3.05, 3.63) is 30.1 Å². The molecule has 0 saturated heterocycles. The zero-order valence-electron chi connectivity index (χ0n) is 12.1. The van der Waals surface area contributed by atoms with Crippen molar-refractivity contribution in [2.45, 2.75) is 45.4 Å². The van der Waals surface area contributed by atoms with Crippen molar-refractivity contribution in [1.29, 1.82) is 0 Å². The van der Waals surface area contributed by atoms with Crippen LogP contribution in [0.15, 0.2) is 28.8 Å². The molecule has 0 spiro atoms. The summed E-state index contributed by atoms with van der Waals surface area (Å²) < 4.78 is 5.40. The Bertz CT molecular complexity index is 593.